The molecule has 0 saturated carbocycles. The first-order valence-electron chi connectivity index (χ1n) is 10.7. The van der Waals surface area contributed by atoms with Crippen LogP contribution in [0.2, 0.25) is 18.1 Å². The summed E-state index contributed by atoms with van der Waals surface area (Å²) in [7, 11) is 3.73. The van der Waals surface area contributed by atoms with Gasteiger partial charge in [-0.15, -0.1) is 0 Å². The summed E-state index contributed by atoms with van der Waals surface area (Å²) < 4.78 is 27.3. The predicted molar refractivity (Wildman–Crippen MR) is 133 cm³/mol. The van der Waals surface area contributed by atoms with Crippen molar-refractivity contribution >= 4 is 26.1 Å². The van der Waals surface area contributed by atoms with Gasteiger partial charge in [0, 0.05) is 12.1 Å². The van der Waals surface area contributed by atoms with E-state index < -0.39 is 20.1 Å². The van der Waals surface area contributed by atoms with Gasteiger partial charge in [0.15, 0.2) is 14.1 Å². The number of esters is 1. The highest BCUT2D eigenvalue weighted by Gasteiger charge is 2.37. The van der Waals surface area contributed by atoms with Crippen LogP contribution in [0.25, 0.3) is 6.08 Å². The van der Waals surface area contributed by atoms with Crippen LogP contribution >= 0.6 is 0 Å². The Labute approximate surface area is 198 Å². The van der Waals surface area contributed by atoms with E-state index in [1.54, 1.807) is 19.1 Å². The smallest absolute Gasteiger partial charge is 0.341 e. The predicted octanol–water partition coefficient (Wildman–Crippen LogP) is 5.20. The average molecular weight is 479 g/mol. The van der Waals surface area contributed by atoms with Crippen molar-refractivity contribution in [3.63, 3.8) is 0 Å². The molecule has 0 heterocycles. The van der Waals surface area contributed by atoms with E-state index in [2.05, 4.69) is 33.9 Å². The number of allylic oxidation sites excluding steroid dienone is 1. The van der Waals surface area contributed by atoms with Crippen molar-refractivity contribution in [2.45, 2.75) is 52.8 Å². The van der Waals surface area contributed by atoms with Gasteiger partial charge in [0.2, 0.25) is 0 Å². The molecule has 33 heavy (non-hydrogen) atoms. The number of carbonyl (C=O) groups excluding carboxylic acids is 2. The molecule has 0 aliphatic heterocycles. The second-order valence-corrected chi connectivity index (χ2v) is 14.1. The van der Waals surface area contributed by atoms with Crippen molar-refractivity contribution in [1.29, 1.82) is 0 Å². The minimum atomic E-state index is -2.00. The Kier molecular flexibility index (Phi) is 9.93. The maximum absolute atomic E-state index is 13.4. The van der Waals surface area contributed by atoms with Crippen LogP contribution in [0.1, 0.15) is 40.2 Å². The Morgan fingerprint density at radius 2 is 1.45 bits per heavy atom. The number of methoxy groups -OCH3 is 4. The Morgan fingerprint density at radius 1 is 0.939 bits per heavy atom. The summed E-state index contributed by atoms with van der Waals surface area (Å²) in [6.07, 6.45) is 1.43. The molecule has 0 bridgehead atoms. The first-order chi connectivity index (χ1) is 15.2. The van der Waals surface area contributed by atoms with Crippen molar-refractivity contribution in [3.8, 4) is 17.2 Å². The van der Waals surface area contributed by atoms with E-state index in [0.717, 1.165) is 5.57 Å². The maximum Gasteiger partial charge on any atom is 0.341 e. The highest BCUT2D eigenvalue weighted by atomic mass is 28.4. The lowest BCUT2D eigenvalue weighted by Crippen LogP contribution is -2.41. The number of hydrogen-bond acceptors (Lipinski definition) is 7. The second kappa shape index (κ2) is 11.5. The molecule has 184 valence electrons. The van der Waals surface area contributed by atoms with E-state index in [9.17, 15) is 9.59 Å². The Bertz CT molecular complexity index is 912. The van der Waals surface area contributed by atoms with Gasteiger partial charge in [0.1, 0.15) is 22.8 Å². The van der Waals surface area contributed by atoms with Gasteiger partial charge in [-0.2, -0.15) is 0 Å². The van der Waals surface area contributed by atoms with Gasteiger partial charge in [-0.1, -0.05) is 20.8 Å². The third-order valence-corrected chi connectivity index (χ3v) is 10.6. The number of hydrogen-bond donors (Lipinski definition) is 0. The van der Waals surface area contributed by atoms with Crippen LogP contribution in [-0.2, 0) is 18.8 Å². The van der Waals surface area contributed by atoms with Crippen molar-refractivity contribution < 1.29 is 33.0 Å². The summed E-state index contributed by atoms with van der Waals surface area (Å²) in [6.45, 7) is 14.6. The van der Waals surface area contributed by atoms with E-state index in [1.165, 1.54) is 34.5 Å². The van der Waals surface area contributed by atoms with E-state index in [-0.39, 0.29) is 10.6 Å². The zero-order valence-corrected chi connectivity index (χ0v) is 22.8. The van der Waals surface area contributed by atoms with Crippen molar-refractivity contribution in [2.75, 3.05) is 35.0 Å². The molecule has 0 saturated heterocycles. The molecule has 0 atom stereocenters. The highest BCUT2D eigenvalue weighted by molar-refractivity contribution is 6.74. The summed E-state index contributed by atoms with van der Waals surface area (Å²) in [5, 5.41) is 0.0454. The fraction of sp³-hybridized carbons (Fsp3) is 0.520. The molecule has 0 radical (unpaired) electrons. The Hall–Kier alpha value is -2.58. The highest BCUT2D eigenvalue weighted by Crippen LogP contribution is 2.38. The van der Waals surface area contributed by atoms with E-state index >= 15 is 0 Å². The summed E-state index contributed by atoms with van der Waals surface area (Å²) in [6, 6.07) is 3.30. The first kappa shape index (κ1) is 28.4. The molecule has 1 aromatic carbocycles. The van der Waals surface area contributed by atoms with E-state index in [4.69, 9.17) is 23.4 Å². The summed E-state index contributed by atoms with van der Waals surface area (Å²) >= 11 is 0. The van der Waals surface area contributed by atoms with Crippen molar-refractivity contribution in [1.82, 2.24) is 0 Å². The molecule has 8 heteroatoms. The number of ketones is 1. The number of benzene rings is 1. The van der Waals surface area contributed by atoms with Crippen LogP contribution in [0.5, 0.6) is 17.2 Å². The average Bonchev–Trinajstić information content (AvgIpc) is 2.78. The molecule has 0 aliphatic carbocycles. The summed E-state index contributed by atoms with van der Waals surface area (Å²) in [5.41, 5.74) is 1.48. The topological polar surface area (TPSA) is 80.3 Å². The number of ether oxygens (including phenoxy) is 4. The molecule has 0 spiro atoms. The zero-order chi connectivity index (χ0) is 25.6. The van der Waals surface area contributed by atoms with Crippen molar-refractivity contribution in [2.24, 2.45) is 0 Å². The molecule has 7 nitrogen and oxygen atoms in total. The molecule has 1 aromatic rings. The van der Waals surface area contributed by atoms with Crippen LogP contribution in [0.4, 0.5) is 0 Å². The minimum Gasteiger partial charge on any atom is -0.496 e. The fourth-order valence-corrected chi connectivity index (χ4v) is 3.67. The summed E-state index contributed by atoms with van der Waals surface area (Å²) in [5.74, 6) is 0.0945. The number of rotatable bonds is 10. The van der Waals surface area contributed by atoms with Crippen LogP contribution in [0.3, 0.4) is 0 Å². The largest absolute Gasteiger partial charge is 0.496 e. The lowest BCUT2D eigenvalue weighted by atomic mass is 9.98. The molecule has 0 amide bonds. The van der Waals surface area contributed by atoms with Crippen LogP contribution in [0, 0.1) is 0 Å². The van der Waals surface area contributed by atoms with Gasteiger partial charge in [0.05, 0.1) is 40.6 Å². The normalized spacial score (nSPS) is 13.2. The van der Waals surface area contributed by atoms with E-state index in [1.807, 2.05) is 6.92 Å². The quantitative estimate of drug-likeness (QED) is 0.150. The van der Waals surface area contributed by atoms with Gasteiger partial charge in [-0.25, -0.2) is 4.79 Å². The van der Waals surface area contributed by atoms with Crippen molar-refractivity contribution in [3.05, 3.63) is 34.4 Å². The molecule has 0 N–H and O–H groups in total. The van der Waals surface area contributed by atoms with Gasteiger partial charge in [0.25, 0.3) is 0 Å². The Morgan fingerprint density at radius 3 is 1.85 bits per heavy atom. The molecule has 1 rings (SSSR count). The standard InChI is InChI=1S/C25H38O7Si/c1-16(15-32-33(10,11)25(3,4)5)17(2)23(26)20(24(27)31-9)14-19-21(29-7)12-18(28-6)13-22(19)30-8/h12-14H,15H2,1-11H3/b17-16+,20-14+. The van der Waals surface area contributed by atoms with Crippen LogP contribution < -0.4 is 14.2 Å². The molecule has 0 fully saturated rings. The van der Waals surface area contributed by atoms with Crippen LogP contribution in [0.15, 0.2) is 28.9 Å². The molecule has 0 aromatic heterocycles. The molecular weight excluding hydrogens is 440 g/mol. The first-order valence-corrected chi connectivity index (χ1v) is 13.6. The molecular formula is C25H38O7Si. The number of Topliss-reactive ketones (excluding diaryl/α,β-unsaturated/α-hetero) is 1. The number of carbonyl (C=O) groups is 2. The van der Waals surface area contributed by atoms with Gasteiger partial charge >= 0.3 is 5.97 Å². The monoisotopic (exact) mass is 478 g/mol. The molecule has 0 unspecified atom stereocenters. The van der Waals surface area contributed by atoms with Gasteiger partial charge < -0.3 is 23.4 Å². The minimum absolute atomic E-state index is 0.0454. The lowest BCUT2D eigenvalue weighted by Gasteiger charge is -2.36. The molecule has 0 aliphatic rings. The van der Waals surface area contributed by atoms with Gasteiger partial charge in [-0.3, -0.25) is 4.79 Å². The maximum atomic E-state index is 13.4. The lowest BCUT2D eigenvalue weighted by molar-refractivity contribution is -0.137. The van der Waals surface area contributed by atoms with Gasteiger partial charge in [-0.05, 0) is 49.2 Å². The van der Waals surface area contributed by atoms with Crippen LogP contribution in [-0.4, -0.2) is 55.1 Å². The SMILES string of the molecule is COC(=O)/C(=C/c1c(OC)cc(OC)cc1OC)C(=O)/C(C)=C(\C)CO[Si](C)(C)C(C)(C)C. The summed E-state index contributed by atoms with van der Waals surface area (Å²) in [4.78, 5) is 25.9. The third-order valence-electron chi connectivity index (χ3n) is 6.13. The third kappa shape index (κ3) is 6.95. The Balaban J connectivity index is 3.48. The zero-order valence-electron chi connectivity index (χ0n) is 21.8. The van der Waals surface area contributed by atoms with E-state index in [0.29, 0.717) is 35.0 Å². The fourth-order valence-electron chi connectivity index (χ4n) is 2.66. The second-order valence-electron chi connectivity index (χ2n) is 9.28.